The number of Topliss-reactive ketones (excluding diaryl/α,β-unsaturated/α-hetero) is 2. The van der Waals surface area contributed by atoms with Gasteiger partial charge in [0.1, 0.15) is 5.76 Å². The first kappa shape index (κ1) is 18.6. The highest BCUT2D eigenvalue weighted by Gasteiger charge is 2.35. The van der Waals surface area contributed by atoms with Crippen LogP contribution in [0, 0.1) is 0 Å². The zero-order valence-electron chi connectivity index (χ0n) is 15.7. The van der Waals surface area contributed by atoms with Crippen molar-refractivity contribution in [3.8, 4) is 0 Å². The number of hydrogen-bond donors (Lipinski definition) is 1. The van der Waals surface area contributed by atoms with E-state index < -0.39 is 17.7 Å². The fraction of sp³-hybridized carbons (Fsp3) is 0.125. The van der Waals surface area contributed by atoms with E-state index in [0.29, 0.717) is 22.1 Å². The maximum absolute atomic E-state index is 13.4. The van der Waals surface area contributed by atoms with Crippen LogP contribution in [0.3, 0.4) is 0 Å². The largest absolute Gasteiger partial charge is 0.507 e. The Balaban J connectivity index is 1.92. The fourth-order valence-electron chi connectivity index (χ4n) is 3.90. The number of carbonyl (C=O) groups is 3. The van der Waals surface area contributed by atoms with Gasteiger partial charge in [0.2, 0.25) is 5.78 Å². The molecule has 0 bridgehead atoms. The van der Waals surface area contributed by atoms with Gasteiger partial charge in [0.05, 0.1) is 12.7 Å². The van der Waals surface area contributed by atoms with Crippen LogP contribution in [0.15, 0.2) is 72.3 Å². The molecular weight excluding hydrogens is 368 g/mol. The second-order valence-corrected chi connectivity index (χ2v) is 6.88. The summed E-state index contributed by atoms with van der Waals surface area (Å²) in [6, 6.07) is 19.7. The Morgan fingerprint density at radius 3 is 2.24 bits per heavy atom. The minimum absolute atomic E-state index is 0.111. The number of aliphatic hydroxyl groups is 1. The molecule has 0 radical (unpaired) electrons. The van der Waals surface area contributed by atoms with Gasteiger partial charge >= 0.3 is 5.97 Å². The summed E-state index contributed by atoms with van der Waals surface area (Å²) in [5.74, 6) is -3.02. The number of ketones is 2. The molecule has 5 heteroatoms. The molecule has 1 unspecified atom stereocenters. The van der Waals surface area contributed by atoms with E-state index in [-0.39, 0.29) is 23.5 Å². The number of hydrogen-bond acceptors (Lipinski definition) is 5. The fourth-order valence-corrected chi connectivity index (χ4v) is 3.90. The second kappa shape index (κ2) is 7.36. The molecule has 0 aromatic heterocycles. The van der Waals surface area contributed by atoms with Crippen molar-refractivity contribution in [3.05, 3.63) is 89.0 Å². The van der Waals surface area contributed by atoms with E-state index >= 15 is 0 Å². The molecule has 0 saturated carbocycles. The lowest BCUT2D eigenvalue weighted by Gasteiger charge is -2.25. The van der Waals surface area contributed by atoms with Crippen molar-refractivity contribution in [3.63, 3.8) is 0 Å². The van der Waals surface area contributed by atoms with Gasteiger partial charge in [0.15, 0.2) is 5.78 Å². The van der Waals surface area contributed by atoms with Gasteiger partial charge in [-0.2, -0.15) is 0 Å². The maximum atomic E-state index is 13.4. The van der Waals surface area contributed by atoms with Crippen LogP contribution in [0.25, 0.3) is 16.5 Å². The third-order valence-electron chi connectivity index (χ3n) is 5.26. The van der Waals surface area contributed by atoms with Crippen LogP contribution in [0.4, 0.5) is 0 Å². The number of esters is 1. The molecule has 144 valence electrons. The van der Waals surface area contributed by atoms with E-state index in [2.05, 4.69) is 4.74 Å². The van der Waals surface area contributed by atoms with Gasteiger partial charge < -0.3 is 9.84 Å². The molecule has 5 nitrogen and oxygen atoms in total. The second-order valence-electron chi connectivity index (χ2n) is 6.88. The predicted octanol–water partition coefficient (Wildman–Crippen LogP) is 4.22. The van der Waals surface area contributed by atoms with E-state index in [1.807, 2.05) is 24.3 Å². The Hall–Kier alpha value is -3.73. The summed E-state index contributed by atoms with van der Waals surface area (Å²) in [5.41, 5.74) is 1.78. The van der Waals surface area contributed by atoms with Crippen LogP contribution < -0.4 is 0 Å². The maximum Gasteiger partial charge on any atom is 0.374 e. The first-order valence-corrected chi connectivity index (χ1v) is 9.19. The third-order valence-corrected chi connectivity index (χ3v) is 5.26. The molecule has 1 aliphatic carbocycles. The zero-order chi connectivity index (χ0) is 20.5. The van der Waals surface area contributed by atoms with Gasteiger partial charge in [-0.25, -0.2) is 4.79 Å². The molecule has 0 amide bonds. The van der Waals surface area contributed by atoms with Crippen LogP contribution >= 0.6 is 0 Å². The highest BCUT2D eigenvalue weighted by molar-refractivity contribution is 6.34. The van der Waals surface area contributed by atoms with Crippen molar-refractivity contribution in [2.45, 2.75) is 12.3 Å². The Morgan fingerprint density at radius 2 is 1.59 bits per heavy atom. The lowest BCUT2D eigenvalue weighted by molar-refractivity contribution is -0.151. The van der Waals surface area contributed by atoms with E-state index in [0.717, 1.165) is 12.5 Å². The summed E-state index contributed by atoms with van der Waals surface area (Å²) < 4.78 is 4.54. The van der Waals surface area contributed by atoms with E-state index in [1.165, 1.54) is 0 Å². The summed E-state index contributed by atoms with van der Waals surface area (Å²) in [6.45, 7) is 0. The van der Waals surface area contributed by atoms with Crippen molar-refractivity contribution in [1.82, 2.24) is 0 Å². The molecule has 0 fully saturated rings. The smallest absolute Gasteiger partial charge is 0.374 e. The van der Waals surface area contributed by atoms with Crippen molar-refractivity contribution in [1.29, 1.82) is 0 Å². The Labute approximate surface area is 167 Å². The standard InChI is InChI=1S/C24H18O5/c1-29-24(28)19(25)13-18(14-7-3-2-4-8-14)21-22(26)16-11-5-9-15-10-6-12-17(20(15)16)23(21)27/h2-12,18,26H,13H2,1H3. The normalized spacial score (nSPS) is 14.0. The molecule has 0 heterocycles. The van der Waals surface area contributed by atoms with Crippen molar-refractivity contribution >= 4 is 34.1 Å². The Morgan fingerprint density at radius 1 is 0.931 bits per heavy atom. The van der Waals surface area contributed by atoms with Crippen LogP contribution in [0.5, 0.6) is 0 Å². The van der Waals surface area contributed by atoms with Crippen LogP contribution in [-0.2, 0) is 14.3 Å². The van der Waals surface area contributed by atoms with Crippen molar-refractivity contribution < 1.29 is 24.2 Å². The Bertz CT molecular complexity index is 1170. The summed E-state index contributed by atoms with van der Waals surface area (Å²) in [5, 5.41) is 12.6. The third kappa shape index (κ3) is 3.10. The molecular formula is C24H18O5. The van der Waals surface area contributed by atoms with Crippen LogP contribution in [0.1, 0.15) is 33.8 Å². The number of allylic oxidation sites excluding steroid dienone is 1. The average Bonchev–Trinajstić information content (AvgIpc) is 2.76. The van der Waals surface area contributed by atoms with Gasteiger partial charge in [0, 0.05) is 28.9 Å². The lowest BCUT2D eigenvalue weighted by atomic mass is 9.77. The molecule has 1 atom stereocenters. The molecule has 0 aliphatic heterocycles. The highest BCUT2D eigenvalue weighted by atomic mass is 16.5. The van der Waals surface area contributed by atoms with Crippen molar-refractivity contribution in [2.75, 3.05) is 7.11 Å². The van der Waals surface area contributed by atoms with Gasteiger partial charge in [-0.05, 0) is 10.9 Å². The molecule has 1 N–H and O–H groups in total. The summed E-state index contributed by atoms with van der Waals surface area (Å²) >= 11 is 0. The van der Waals surface area contributed by atoms with E-state index in [4.69, 9.17) is 0 Å². The minimum atomic E-state index is -0.975. The number of aliphatic hydroxyl groups excluding tert-OH is 1. The predicted molar refractivity (Wildman–Crippen MR) is 109 cm³/mol. The molecule has 0 saturated heterocycles. The summed E-state index contributed by atoms with van der Waals surface area (Å²) in [7, 11) is 1.14. The molecule has 4 rings (SSSR count). The zero-order valence-corrected chi connectivity index (χ0v) is 15.7. The van der Waals surface area contributed by atoms with Gasteiger partial charge in [-0.1, -0.05) is 66.7 Å². The first-order chi connectivity index (χ1) is 14.0. The number of methoxy groups -OCH3 is 1. The number of carbonyl (C=O) groups excluding carboxylic acids is 3. The summed E-state index contributed by atoms with van der Waals surface area (Å²) in [6.07, 6.45) is -0.278. The molecule has 0 spiro atoms. The van der Waals surface area contributed by atoms with Crippen LogP contribution in [0.2, 0.25) is 0 Å². The van der Waals surface area contributed by atoms with Crippen LogP contribution in [-0.4, -0.2) is 29.8 Å². The number of rotatable bonds is 5. The molecule has 1 aliphatic rings. The quantitative estimate of drug-likeness (QED) is 0.524. The Kier molecular flexibility index (Phi) is 4.72. The SMILES string of the molecule is COC(=O)C(=O)CC(C1=C(O)c2cccc3cccc(c23)C1=O)c1ccccc1. The van der Waals surface area contributed by atoms with E-state index in [9.17, 15) is 19.5 Å². The monoisotopic (exact) mass is 386 g/mol. The lowest BCUT2D eigenvalue weighted by Crippen LogP contribution is -2.24. The topological polar surface area (TPSA) is 80.7 Å². The first-order valence-electron chi connectivity index (χ1n) is 9.19. The molecule has 29 heavy (non-hydrogen) atoms. The minimum Gasteiger partial charge on any atom is -0.507 e. The number of benzene rings is 3. The van der Waals surface area contributed by atoms with E-state index in [1.54, 1.807) is 42.5 Å². The van der Waals surface area contributed by atoms with Gasteiger partial charge in [-0.15, -0.1) is 0 Å². The molecule has 3 aromatic rings. The van der Waals surface area contributed by atoms with Crippen molar-refractivity contribution in [2.24, 2.45) is 0 Å². The summed E-state index contributed by atoms with van der Waals surface area (Å²) in [4.78, 5) is 37.5. The van der Waals surface area contributed by atoms with Gasteiger partial charge in [0.25, 0.3) is 0 Å². The average molecular weight is 386 g/mol. The highest BCUT2D eigenvalue weighted by Crippen LogP contribution is 2.41. The number of ether oxygens (including phenoxy) is 1. The molecule has 3 aromatic carbocycles. The van der Waals surface area contributed by atoms with Gasteiger partial charge in [-0.3, -0.25) is 9.59 Å².